The number of ether oxygens (including phenoxy) is 1. The maximum atomic E-state index is 5.51. The standard InChI is InChI=1S/C12H14OS/c1-4-13-10-5-8(2)12-9(3)7-14-11(12)6-10/h5-7H,4H2,1-3H3. The second kappa shape index (κ2) is 3.62. The number of fused-ring (bicyclic) bond motifs is 1. The van der Waals surface area contributed by atoms with Crippen molar-refractivity contribution in [1.82, 2.24) is 0 Å². The highest BCUT2D eigenvalue weighted by atomic mass is 32.1. The average Bonchev–Trinajstić information content (AvgIpc) is 2.48. The topological polar surface area (TPSA) is 9.23 Å². The van der Waals surface area contributed by atoms with Crippen LogP contribution in [0.2, 0.25) is 0 Å². The highest BCUT2D eigenvalue weighted by molar-refractivity contribution is 7.17. The van der Waals surface area contributed by atoms with Crippen LogP contribution in [0.15, 0.2) is 17.5 Å². The maximum absolute atomic E-state index is 5.51. The normalized spacial score (nSPS) is 10.8. The Morgan fingerprint density at radius 2 is 2.00 bits per heavy atom. The molecule has 14 heavy (non-hydrogen) atoms. The Kier molecular flexibility index (Phi) is 2.46. The van der Waals surface area contributed by atoms with Crippen molar-refractivity contribution in [3.8, 4) is 5.75 Å². The quantitative estimate of drug-likeness (QED) is 0.723. The van der Waals surface area contributed by atoms with Gasteiger partial charge in [-0.1, -0.05) is 0 Å². The zero-order chi connectivity index (χ0) is 10.1. The minimum Gasteiger partial charge on any atom is -0.494 e. The molecule has 0 aliphatic carbocycles. The summed E-state index contributed by atoms with van der Waals surface area (Å²) in [5, 5.41) is 3.59. The SMILES string of the molecule is CCOc1cc(C)c2c(C)csc2c1. The molecule has 0 aliphatic heterocycles. The first kappa shape index (κ1) is 9.53. The molecular weight excluding hydrogens is 192 g/mol. The molecule has 0 bridgehead atoms. The lowest BCUT2D eigenvalue weighted by molar-refractivity contribution is 0.340. The van der Waals surface area contributed by atoms with Gasteiger partial charge in [0.25, 0.3) is 0 Å². The van der Waals surface area contributed by atoms with Crippen LogP contribution < -0.4 is 4.74 Å². The van der Waals surface area contributed by atoms with Gasteiger partial charge in [0.05, 0.1) is 6.61 Å². The van der Waals surface area contributed by atoms with Gasteiger partial charge in [0.15, 0.2) is 0 Å². The summed E-state index contributed by atoms with van der Waals surface area (Å²) in [5.74, 6) is 0.986. The largest absolute Gasteiger partial charge is 0.494 e. The smallest absolute Gasteiger partial charge is 0.120 e. The molecule has 0 saturated heterocycles. The molecule has 0 N–H and O–H groups in total. The van der Waals surface area contributed by atoms with Gasteiger partial charge in [-0.05, 0) is 54.8 Å². The van der Waals surface area contributed by atoms with Crippen LogP contribution in [0.4, 0.5) is 0 Å². The molecule has 0 radical (unpaired) electrons. The minimum atomic E-state index is 0.731. The first-order valence-electron chi connectivity index (χ1n) is 4.83. The molecule has 74 valence electrons. The van der Waals surface area contributed by atoms with Crippen molar-refractivity contribution in [2.24, 2.45) is 0 Å². The zero-order valence-electron chi connectivity index (χ0n) is 8.76. The van der Waals surface area contributed by atoms with Crippen LogP contribution >= 0.6 is 11.3 Å². The second-order valence-corrected chi connectivity index (χ2v) is 4.38. The number of hydrogen-bond acceptors (Lipinski definition) is 2. The van der Waals surface area contributed by atoms with Crippen LogP contribution in [0.5, 0.6) is 5.75 Å². The van der Waals surface area contributed by atoms with E-state index in [0.717, 1.165) is 12.4 Å². The number of thiophene rings is 1. The summed E-state index contributed by atoms with van der Waals surface area (Å²) in [6, 6.07) is 4.25. The highest BCUT2D eigenvalue weighted by Crippen LogP contribution is 2.32. The second-order valence-electron chi connectivity index (χ2n) is 3.47. The van der Waals surface area contributed by atoms with Crippen LogP contribution in [-0.4, -0.2) is 6.61 Å². The summed E-state index contributed by atoms with van der Waals surface area (Å²) in [6.45, 7) is 7.05. The Balaban J connectivity index is 2.62. The first-order valence-corrected chi connectivity index (χ1v) is 5.71. The maximum Gasteiger partial charge on any atom is 0.120 e. The Bertz CT molecular complexity index is 457. The van der Waals surface area contributed by atoms with Gasteiger partial charge in [-0.25, -0.2) is 0 Å². The predicted octanol–water partition coefficient (Wildman–Crippen LogP) is 3.92. The van der Waals surface area contributed by atoms with E-state index in [1.54, 1.807) is 11.3 Å². The lowest BCUT2D eigenvalue weighted by Crippen LogP contribution is -1.91. The molecule has 0 spiro atoms. The Morgan fingerprint density at radius 1 is 1.21 bits per heavy atom. The Hall–Kier alpha value is -1.02. The third kappa shape index (κ3) is 1.50. The highest BCUT2D eigenvalue weighted by Gasteiger charge is 2.05. The van der Waals surface area contributed by atoms with Gasteiger partial charge in [0, 0.05) is 4.70 Å². The molecule has 2 aromatic rings. The fourth-order valence-corrected chi connectivity index (χ4v) is 2.83. The summed E-state index contributed by atoms with van der Waals surface area (Å²) in [7, 11) is 0. The van der Waals surface area contributed by atoms with Crippen molar-refractivity contribution >= 4 is 21.4 Å². The monoisotopic (exact) mass is 206 g/mol. The molecule has 2 rings (SSSR count). The van der Waals surface area contributed by atoms with Crippen LogP contribution in [0.3, 0.4) is 0 Å². The van der Waals surface area contributed by atoms with E-state index in [1.165, 1.54) is 21.2 Å². The van der Waals surface area contributed by atoms with E-state index in [1.807, 2.05) is 6.92 Å². The molecule has 0 aliphatic rings. The number of hydrogen-bond donors (Lipinski definition) is 0. The molecule has 1 heterocycles. The van der Waals surface area contributed by atoms with Crippen molar-refractivity contribution in [3.05, 3.63) is 28.6 Å². The van der Waals surface area contributed by atoms with Gasteiger partial charge in [-0.3, -0.25) is 0 Å². The molecular formula is C12H14OS. The van der Waals surface area contributed by atoms with E-state index in [4.69, 9.17) is 4.74 Å². The molecule has 1 aromatic heterocycles. The first-order chi connectivity index (χ1) is 6.72. The summed E-state index contributed by atoms with van der Waals surface area (Å²) >= 11 is 1.79. The zero-order valence-corrected chi connectivity index (χ0v) is 9.57. The van der Waals surface area contributed by atoms with Crippen LogP contribution in [-0.2, 0) is 0 Å². The van der Waals surface area contributed by atoms with Crippen molar-refractivity contribution in [1.29, 1.82) is 0 Å². The van der Waals surface area contributed by atoms with E-state index >= 15 is 0 Å². The van der Waals surface area contributed by atoms with Gasteiger partial charge in [0.1, 0.15) is 5.75 Å². The third-order valence-corrected chi connectivity index (χ3v) is 3.39. The van der Waals surface area contributed by atoms with Crippen molar-refractivity contribution < 1.29 is 4.74 Å². The predicted molar refractivity (Wildman–Crippen MR) is 62.5 cm³/mol. The van der Waals surface area contributed by atoms with Crippen LogP contribution in [0, 0.1) is 13.8 Å². The van der Waals surface area contributed by atoms with Crippen molar-refractivity contribution in [2.75, 3.05) is 6.61 Å². The fourth-order valence-electron chi connectivity index (χ4n) is 1.78. The van der Waals surface area contributed by atoms with Crippen LogP contribution in [0.1, 0.15) is 18.1 Å². The van der Waals surface area contributed by atoms with Crippen molar-refractivity contribution in [2.45, 2.75) is 20.8 Å². The van der Waals surface area contributed by atoms with Gasteiger partial charge in [-0.15, -0.1) is 11.3 Å². The van der Waals surface area contributed by atoms with Gasteiger partial charge >= 0.3 is 0 Å². The van der Waals surface area contributed by atoms with E-state index in [9.17, 15) is 0 Å². The summed E-state index contributed by atoms with van der Waals surface area (Å²) in [5.41, 5.74) is 2.68. The van der Waals surface area contributed by atoms with Crippen LogP contribution in [0.25, 0.3) is 10.1 Å². The molecule has 1 aromatic carbocycles. The summed E-state index contributed by atoms with van der Waals surface area (Å²) in [6.07, 6.45) is 0. The van der Waals surface area contributed by atoms with Gasteiger partial charge in [-0.2, -0.15) is 0 Å². The fraction of sp³-hybridized carbons (Fsp3) is 0.333. The van der Waals surface area contributed by atoms with E-state index in [2.05, 4.69) is 31.4 Å². The Labute approximate surface area is 88.3 Å². The molecule has 0 unspecified atom stereocenters. The number of aryl methyl sites for hydroxylation is 2. The molecule has 0 atom stereocenters. The number of rotatable bonds is 2. The minimum absolute atomic E-state index is 0.731. The summed E-state index contributed by atoms with van der Waals surface area (Å²) in [4.78, 5) is 0. The van der Waals surface area contributed by atoms with Gasteiger partial charge < -0.3 is 4.74 Å². The summed E-state index contributed by atoms with van der Waals surface area (Å²) < 4.78 is 6.84. The molecule has 0 saturated carbocycles. The molecule has 2 heteroatoms. The third-order valence-electron chi connectivity index (χ3n) is 2.34. The average molecular weight is 206 g/mol. The van der Waals surface area contributed by atoms with Gasteiger partial charge in [0.2, 0.25) is 0 Å². The molecule has 0 fully saturated rings. The van der Waals surface area contributed by atoms with Crippen molar-refractivity contribution in [3.63, 3.8) is 0 Å². The van der Waals surface area contributed by atoms with E-state index < -0.39 is 0 Å². The molecule has 1 nitrogen and oxygen atoms in total. The molecule has 0 amide bonds. The van der Waals surface area contributed by atoms with E-state index in [0.29, 0.717) is 0 Å². The lowest BCUT2D eigenvalue weighted by atomic mass is 10.1. The Morgan fingerprint density at radius 3 is 2.71 bits per heavy atom. The lowest BCUT2D eigenvalue weighted by Gasteiger charge is -2.05. The number of benzene rings is 1. The van der Waals surface area contributed by atoms with E-state index in [-0.39, 0.29) is 0 Å².